The zero-order chi connectivity index (χ0) is 19.5. The van der Waals surface area contributed by atoms with Crippen LogP contribution in [0.25, 0.3) is 5.78 Å². The van der Waals surface area contributed by atoms with Crippen LogP contribution < -0.4 is 5.32 Å². The van der Waals surface area contributed by atoms with Gasteiger partial charge >= 0.3 is 0 Å². The van der Waals surface area contributed by atoms with E-state index in [0.29, 0.717) is 28.8 Å². The average Bonchev–Trinajstić information content (AvgIpc) is 2.99. The third-order valence-electron chi connectivity index (χ3n) is 7.51. The molecule has 0 spiro atoms. The van der Waals surface area contributed by atoms with Gasteiger partial charge in [0.1, 0.15) is 0 Å². The molecule has 2 heterocycles. The maximum Gasteiger partial charge on any atom is 0.252 e. The molecule has 4 saturated carbocycles. The van der Waals surface area contributed by atoms with Crippen molar-refractivity contribution in [2.75, 3.05) is 6.54 Å². The number of carbonyl (C=O) groups excluding carboxylic acids is 1. The highest BCUT2D eigenvalue weighted by Gasteiger charge is 2.50. The smallest absolute Gasteiger partial charge is 0.252 e. The van der Waals surface area contributed by atoms with Crippen LogP contribution in [0, 0.1) is 41.8 Å². The molecule has 4 bridgehead atoms. The van der Waals surface area contributed by atoms with Crippen LogP contribution in [-0.4, -0.2) is 32.0 Å². The molecule has 2 aromatic heterocycles. The van der Waals surface area contributed by atoms with Gasteiger partial charge in [0.05, 0.1) is 0 Å². The van der Waals surface area contributed by atoms with Crippen molar-refractivity contribution < 1.29 is 4.79 Å². The molecule has 2 N–H and O–H groups in total. The van der Waals surface area contributed by atoms with Gasteiger partial charge in [0.2, 0.25) is 10.7 Å². The number of H-pyrrole nitrogens is 1. The predicted molar refractivity (Wildman–Crippen MR) is 110 cm³/mol. The number of aromatic nitrogens is 4. The number of hydrogen-bond donors (Lipinski definition) is 2. The van der Waals surface area contributed by atoms with Crippen LogP contribution in [0.4, 0.5) is 0 Å². The van der Waals surface area contributed by atoms with Crippen molar-refractivity contribution in [2.45, 2.75) is 65.2 Å². The van der Waals surface area contributed by atoms with Gasteiger partial charge in [-0.15, -0.1) is 0 Å². The molecule has 0 saturated heterocycles. The maximum absolute atomic E-state index is 12.6. The van der Waals surface area contributed by atoms with Gasteiger partial charge in [-0.05, 0) is 99.7 Å². The Morgan fingerprint density at radius 3 is 2.46 bits per heavy atom. The molecule has 4 aliphatic carbocycles. The second-order valence-corrected chi connectivity index (χ2v) is 10.0. The van der Waals surface area contributed by atoms with Crippen LogP contribution >= 0.6 is 12.2 Å². The van der Waals surface area contributed by atoms with Crippen LogP contribution in [0.15, 0.2) is 0 Å². The van der Waals surface area contributed by atoms with E-state index in [2.05, 4.69) is 20.4 Å². The molecular formula is C21H29N5OS. The first-order valence-electron chi connectivity index (χ1n) is 10.6. The standard InChI is InChI=1S/C21H29N5OS/c1-12-17(13(2)26-19(23-12)24-20(28)25-26)3-4-18(27)22-11-21-8-14-5-15(9-21)7-16(6-14)10-21/h14-16H,3-11H2,1-2H3,(H,22,27)(H,25,28). The van der Waals surface area contributed by atoms with Gasteiger partial charge in [0.15, 0.2) is 0 Å². The van der Waals surface area contributed by atoms with Gasteiger partial charge in [-0.1, -0.05) is 0 Å². The SMILES string of the molecule is Cc1nc2nc(=S)[nH]n2c(C)c1CCC(=O)NCC12CC3CC(CC(C3)C1)C2. The van der Waals surface area contributed by atoms with Gasteiger partial charge in [-0.3, -0.25) is 9.89 Å². The van der Waals surface area contributed by atoms with Crippen LogP contribution in [-0.2, 0) is 11.2 Å². The molecule has 0 aliphatic heterocycles. The third kappa shape index (κ3) is 3.17. The van der Waals surface area contributed by atoms with Gasteiger partial charge in [0.25, 0.3) is 5.78 Å². The highest BCUT2D eigenvalue weighted by Crippen LogP contribution is 2.59. The summed E-state index contributed by atoms with van der Waals surface area (Å²) in [6.07, 6.45) is 9.51. The zero-order valence-corrected chi connectivity index (χ0v) is 17.6. The van der Waals surface area contributed by atoms with Crippen molar-refractivity contribution in [1.82, 2.24) is 24.9 Å². The molecule has 4 aliphatic rings. The van der Waals surface area contributed by atoms with Crippen molar-refractivity contribution in [3.05, 3.63) is 21.7 Å². The number of aryl methyl sites for hydroxylation is 2. The topological polar surface area (TPSA) is 75.1 Å². The first-order valence-corrected chi connectivity index (χ1v) is 11.0. The Kier molecular flexibility index (Phi) is 4.34. The Morgan fingerprint density at radius 1 is 1.18 bits per heavy atom. The zero-order valence-electron chi connectivity index (χ0n) is 16.8. The van der Waals surface area contributed by atoms with E-state index in [1.807, 2.05) is 18.4 Å². The minimum Gasteiger partial charge on any atom is -0.356 e. The Hall–Kier alpha value is -1.76. The summed E-state index contributed by atoms with van der Waals surface area (Å²) >= 11 is 5.12. The lowest BCUT2D eigenvalue weighted by atomic mass is 9.49. The predicted octanol–water partition coefficient (Wildman–Crippen LogP) is 3.67. The van der Waals surface area contributed by atoms with E-state index < -0.39 is 0 Å². The molecule has 7 heteroatoms. The molecule has 0 unspecified atom stereocenters. The highest BCUT2D eigenvalue weighted by molar-refractivity contribution is 7.71. The molecule has 6 rings (SSSR count). The summed E-state index contributed by atoms with van der Waals surface area (Å²) in [6, 6.07) is 0. The maximum atomic E-state index is 12.6. The van der Waals surface area contributed by atoms with E-state index in [0.717, 1.165) is 41.2 Å². The number of hydrogen-bond acceptors (Lipinski definition) is 4. The van der Waals surface area contributed by atoms with Crippen molar-refractivity contribution in [1.29, 1.82) is 0 Å². The van der Waals surface area contributed by atoms with Gasteiger partial charge < -0.3 is 5.32 Å². The fourth-order valence-corrected chi connectivity index (χ4v) is 6.89. The van der Waals surface area contributed by atoms with E-state index in [4.69, 9.17) is 12.2 Å². The van der Waals surface area contributed by atoms with Crippen molar-refractivity contribution in [3.8, 4) is 0 Å². The Balaban J connectivity index is 1.22. The first-order chi connectivity index (χ1) is 13.4. The van der Waals surface area contributed by atoms with Gasteiger partial charge in [-0.25, -0.2) is 9.50 Å². The van der Waals surface area contributed by atoms with E-state index in [1.165, 1.54) is 38.5 Å². The molecule has 0 aromatic carbocycles. The molecular weight excluding hydrogens is 370 g/mol. The average molecular weight is 400 g/mol. The van der Waals surface area contributed by atoms with Crippen LogP contribution in [0.3, 0.4) is 0 Å². The monoisotopic (exact) mass is 399 g/mol. The quantitative estimate of drug-likeness (QED) is 0.752. The minimum atomic E-state index is 0.160. The van der Waals surface area contributed by atoms with E-state index >= 15 is 0 Å². The van der Waals surface area contributed by atoms with E-state index in [9.17, 15) is 4.79 Å². The second kappa shape index (κ2) is 6.65. The molecule has 28 heavy (non-hydrogen) atoms. The number of nitrogens with one attached hydrogen (secondary N) is 2. The number of amides is 1. The summed E-state index contributed by atoms with van der Waals surface area (Å²) in [7, 11) is 0. The third-order valence-corrected chi connectivity index (χ3v) is 7.70. The number of rotatable bonds is 5. The molecule has 150 valence electrons. The minimum absolute atomic E-state index is 0.160. The molecule has 0 atom stereocenters. The lowest BCUT2D eigenvalue weighted by Crippen LogP contribution is -2.51. The Bertz CT molecular complexity index is 955. The number of aromatic amines is 1. The molecule has 2 aromatic rings. The summed E-state index contributed by atoms with van der Waals surface area (Å²) in [4.78, 5) is 21.4. The fourth-order valence-electron chi connectivity index (χ4n) is 6.72. The Labute approximate surface area is 170 Å². The summed E-state index contributed by atoms with van der Waals surface area (Å²) < 4.78 is 2.25. The number of nitrogens with zero attached hydrogens (tertiary/aromatic N) is 3. The molecule has 6 nitrogen and oxygen atoms in total. The molecule has 1 amide bonds. The normalized spacial score (nSPS) is 30.9. The van der Waals surface area contributed by atoms with E-state index in [-0.39, 0.29) is 5.91 Å². The van der Waals surface area contributed by atoms with E-state index in [1.54, 1.807) is 0 Å². The molecule has 4 fully saturated rings. The van der Waals surface area contributed by atoms with Gasteiger partial charge in [-0.2, -0.15) is 4.98 Å². The lowest BCUT2D eigenvalue weighted by molar-refractivity contribution is -0.123. The van der Waals surface area contributed by atoms with Crippen LogP contribution in [0.2, 0.25) is 0 Å². The Morgan fingerprint density at radius 2 is 1.82 bits per heavy atom. The highest BCUT2D eigenvalue weighted by atomic mass is 32.1. The number of carbonyl (C=O) groups is 1. The van der Waals surface area contributed by atoms with Crippen LogP contribution in [0.5, 0.6) is 0 Å². The fraction of sp³-hybridized carbons (Fsp3) is 0.714. The van der Waals surface area contributed by atoms with Crippen molar-refractivity contribution >= 4 is 23.9 Å². The lowest BCUT2D eigenvalue weighted by Gasteiger charge is -2.56. The summed E-state index contributed by atoms with van der Waals surface area (Å²) in [6.45, 7) is 4.88. The van der Waals surface area contributed by atoms with Crippen molar-refractivity contribution in [3.63, 3.8) is 0 Å². The first kappa shape index (κ1) is 18.3. The van der Waals surface area contributed by atoms with Gasteiger partial charge in [0, 0.05) is 24.4 Å². The van der Waals surface area contributed by atoms with Crippen molar-refractivity contribution in [2.24, 2.45) is 23.2 Å². The second-order valence-electron chi connectivity index (χ2n) is 9.62. The summed E-state index contributed by atoms with van der Waals surface area (Å²) in [5.41, 5.74) is 3.44. The number of fused-ring (bicyclic) bond motifs is 1. The largest absolute Gasteiger partial charge is 0.356 e. The summed E-state index contributed by atoms with van der Waals surface area (Å²) in [5.74, 6) is 3.52. The summed E-state index contributed by atoms with van der Waals surface area (Å²) in [5, 5.41) is 6.33. The van der Waals surface area contributed by atoms with Crippen LogP contribution in [0.1, 0.15) is 61.9 Å². The molecule has 0 radical (unpaired) electrons.